The van der Waals surface area contributed by atoms with Crippen molar-refractivity contribution in [3.05, 3.63) is 35.4 Å². The summed E-state index contributed by atoms with van der Waals surface area (Å²) in [5, 5.41) is 18.6. The molecule has 2 rings (SSSR count). The molecule has 0 radical (unpaired) electrons. The molecule has 0 saturated heterocycles. The standard InChI is InChI=1S/C14H20FN5O/c1-20(2)12-6-5-10(8-11(12)15)9-16-14-17-13(18-19-14)4-3-7-21/h5-6,8,21H,3-4,7,9H2,1-2H3,(H2,16,17,18,19). The molecule has 0 saturated carbocycles. The molecule has 6 nitrogen and oxygen atoms in total. The summed E-state index contributed by atoms with van der Waals surface area (Å²) in [6.07, 6.45) is 1.29. The zero-order chi connectivity index (χ0) is 15.2. The van der Waals surface area contributed by atoms with Crippen molar-refractivity contribution in [1.29, 1.82) is 0 Å². The molecule has 0 aliphatic carbocycles. The Morgan fingerprint density at radius 1 is 1.38 bits per heavy atom. The van der Waals surface area contributed by atoms with Crippen molar-refractivity contribution >= 4 is 11.6 Å². The first-order valence-electron chi connectivity index (χ1n) is 6.82. The maximum atomic E-state index is 13.8. The number of aromatic nitrogens is 3. The van der Waals surface area contributed by atoms with Crippen molar-refractivity contribution < 1.29 is 9.50 Å². The van der Waals surface area contributed by atoms with Gasteiger partial charge in [-0.15, -0.1) is 5.10 Å². The van der Waals surface area contributed by atoms with Crippen LogP contribution in [0.15, 0.2) is 18.2 Å². The molecular formula is C14H20FN5O. The Morgan fingerprint density at radius 3 is 2.86 bits per heavy atom. The normalized spacial score (nSPS) is 10.7. The molecule has 0 spiro atoms. The predicted octanol–water partition coefficient (Wildman–Crippen LogP) is 1.55. The molecule has 1 aromatic carbocycles. The minimum absolute atomic E-state index is 0.126. The quantitative estimate of drug-likeness (QED) is 0.722. The highest BCUT2D eigenvalue weighted by Gasteiger charge is 2.06. The third kappa shape index (κ3) is 4.16. The second-order valence-electron chi connectivity index (χ2n) is 4.97. The summed E-state index contributed by atoms with van der Waals surface area (Å²) in [5.41, 5.74) is 1.38. The molecule has 0 unspecified atom stereocenters. The second kappa shape index (κ2) is 7.03. The molecule has 3 N–H and O–H groups in total. The number of rotatable bonds is 7. The van der Waals surface area contributed by atoms with Crippen LogP contribution in [-0.4, -0.2) is 41.0 Å². The smallest absolute Gasteiger partial charge is 0.242 e. The van der Waals surface area contributed by atoms with Crippen molar-refractivity contribution in [1.82, 2.24) is 15.2 Å². The van der Waals surface area contributed by atoms with Gasteiger partial charge in [0.25, 0.3) is 0 Å². The van der Waals surface area contributed by atoms with Crippen LogP contribution < -0.4 is 10.2 Å². The maximum absolute atomic E-state index is 13.8. The summed E-state index contributed by atoms with van der Waals surface area (Å²) in [5.74, 6) is 0.943. The van der Waals surface area contributed by atoms with Gasteiger partial charge in [-0.25, -0.2) is 4.39 Å². The molecule has 0 amide bonds. The van der Waals surface area contributed by atoms with Crippen LogP contribution in [0.3, 0.4) is 0 Å². The van der Waals surface area contributed by atoms with Gasteiger partial charge in [0.2, 0.25) is 5.95 Å². The molecule has 0 atom stereocenters. The first-order valence-corrected chi connectivity index (χ1v) is 6.82. The molecule has 0 bridgehead atoms. The Kier molecular flexibility index (Phi) is 5.10. The van der Waals surface area contributed by atoms with Crippen LogP contribution in [0.1, 0.15) is 17.8 Å². The van der Waals surface area contributed by atoms with Gasteiger partial charge in [0.15, 0.2) is 0 Å². The van der Waals surface area contributed by atoms with Gasteiger partial charge >= 0.3 is 0 Å². The summed E-state index contributed by atoms with van der Waals surface area (Å²) in [4.78, 5) is 5.97. The molecule has 114 valence electrons. The predicted molar refractivity (Wildman–Crippen MR) is 79.8 cm³/mol. The van der Waals surface area contributed by atoms with E-state index in [2.05, 4.69) is 20.5 Å². The van der Waals surface area contributed by atoms with E-state index >= 15 is 0 Å². The van der Waals surface area contributed by atoms with E-state index in [-0.39, 0.29) is 12.4 Å². The zero-order valence-corrected chi connectivity index (χ0v) is 12.2. The van der Waals surface area contributed by atoms with E-state index in [1.165, 1.54) is 6.07 Å². The third-order valence-electron chi connectivity index (χ3n) is 3.05. The lowest BCUT2D eigenvalue weighted by molar-refractivity contribution is 0.287. The van der Waals surface area contributed by atoms with Gasteiger partial charge in [-0.05, 0) is 24.1 Å². The highest BCUT2D eigenvalue weighted by atomic mass is 19.1. The van der Waals surface area contributed by atoms with Gasteiger partial charge in [-0.3, -0.25) is 5.10 Å². The van der Waals surface area contributed by atoms with Crippen LogP contribution in [0.5, 0.6) is 0 Å². The fourth-order valence-corrected chi connectivity index (χ4v) is 1.94. The molecule has 1 aromatic heterocycles. The monoisotopic (exact) mass is 293 g/mol. The number of halogens is 1. The van der Waals surface area contributed by atoms with E-state index in [0.717, 1.165) is 11.4 Å². The number of aliphatic hydroxyl groups excluding tert-OH is 1. The molecule has 21 heavy (non-hydrogen) atoms. The minimum atomic E-state index is -0.252. The van der Waals surface area contributed by atoms with Crippen LogP contribution in [0.4, 0.5) is 16.0 Å². The van der Waals surface area contributed by atoms with Crippen molar-refractivity contribution in [3.63, 3.8) is 0 Å². The van der Waals surface area contributed by atoms with E-state index in [1.807, 2.05) is 6.07 Å². The molecule has 1 heterocycles. The first kappa shape index (κ1) is 15.2. The Balaban J connectivity index is 1.93. The van der Waals surface area contributed by atoms with E-state index < -0.39 is 0 Å². The van der Waals surface area contributed by atoms with Crippen LogP contribution in [0.25, 0.3) is 0 Å². The molecule has 2 aromatic rings. The van der Waals surface area contributed by atoms with Crippen molar-refractivity contribution in [2.24, 2.45) is 0 Å². The van der Waals surface area contributed by atoms with Crippen LogP contribution in [0.2, 0.25) is 0 Å². The fraction of sp³-hybridized carbons (Fsp3) is 0.429. The lowest BCUT2D eigenvalue weighted by atomic mass is 10.2. The Labute approximate surface area is 123 Å². The molecule has 0 fully saturated rings. The number of aromatic amines is 1. The van der Waals surface area contributed by atoms with Gasteiger partial charge in [0.05, 0.1) is 5.69 Å². The van der Waals surface area contributed by atoms with E-state index in [4.69, 9.17) is 5.11 Å². The largest absolute Gasteiger partial charge is 0.396 e. The number of H-pyrrole nitrogens is 1. The van der Waals surface area contributed by atoms with E-state index in [1.54, 1.807) is 25.1 Å². The average Bonchev–Trinajstić information content (AvgIpc) is 2.90. The second-order valence-corrected chi connectivity index (χ2v) is 4.97. The number of hydrogen-bond donors (Lipinski definition) is 3. The highest BCUT2D eigenvalue weighted by Crippen LogP contribution is 2.18. The Bertz CT molecular complexity index is 584. The lowest BCUT2D eigenvalue weighted by Crippen LogP contribution is -2.11. The first-order chi connectivity index (χ1) is 10.1. The van der Waals surface area contributed by atoms with E-state index in [9.17, 15) is 4.39 Å². The van der Waals surface area contributed by atoms with Gasteiger partial charge in [-0.2, -0.15) is 4.98 Å². The van der Waals surface area contributed by atoms with E-state index in [0.29, 0.717) is 31.0 Å². The van der Waals surface area contributed by atoms with Crippen LogP contribution in [0, 0.1) is 5.82 Å². The van der Waals surface area contributed by atoms with Gasteiger partial charge in [0, 0.05) is 33.7 Å². The molecule has 0 aliphatic rings. The van der Waals surface area contributed by atoms with Gasteiger partial charge < -0.3 is 15.3 Å². The summed E-state index contributed by atoms with van der Waals surface area (Å²) in [7, 11) is 3.61. The fourth-order valence-electron chi connectivity index (χ4n) is 1.94. The summed E-state index contributed by atoms with van der Waals surface area (Å²) >= 11 is 0. The van der Waals surface area contributed by atoms with Crippen LogP contribution >= 0.6 is 0 Å². The summed E-state index contributed by atoms with van der Waals surface area (Å²) in [6, 6.07) is 5.11. The number of benzene rings is 1. The van der Waals surface area contributed by atoms with Gasteiger partial charge in [-0.1, -0.05) is 6.07 Å². The average molecular weight is 293 g/mol. The lowest BCUT2D eigenvalue weighted by Gasteiger charge is -2.14. The molecular weight excluding hydrogens is 273 g/mol. The SMILES string of the molecule is CN(C)c1ccc(CNc2n[nH]c(CCCO)n2)cc1F. The Hall–Kier alpha value is -2.15. The number of nitrogens with zero attached hydrogens (tertiary/aromatic N) is 3. The maximum Gasteiger partial charge on any atom is 0.242 e. The highest BCUT2D eigenvalue weighted by molar-refractivity contribution is 5.48. The van der Waals surface area contributed by atoms with Gasteiger partial charge in [0.1, 0.15) is 11.6 Å². The zero-order valence-electron chi connectivity index (χ0n) is 12.2. The molecule has 0 aliphatic heterocycles. The van der Waals surface area contributed by atoms with Crippen molar-refractivity contribution in [2.45, 2.75) is 19.4 Å². The number of anilines is 2. The number of aliphatic hydroxyl groups is 1. The molecule has 7 heteroatoms. The summed E-state index contributed by atoms with van der Waals surface area (Å²) in [6.45, 7) is 0.572. The third-order valence-corrected chi connectivity index (χ3v) is 3.05. The van der Waals surface area contributed by atoms with Crippen molar-refractivity contribution in [2.75, 3.05) is 30.9 Å². The number of aryl methyl sites for hydroxylation is 1. The minimum Gasteiger partial charge on any atom is -0.396 e. The summed E-state index contributed by atoms with van der Waals surface area (Å²) < 4.78 is 13.8. The van der Waals surface area contributed by atoms with Crippen LogP contribution in [-0.2, 0) is 13.0 Å². The van der Waals surface area contributed by atoms with Crippen molar-refractivity contribution in [3.8, 4) is 0 Å². The number of hydrogen-bond acceptors (Lipinski definition) is 5. The Morgan fingerprint density at radius 2 is 2.19 bits per heavy atom. The topological polar surface area (TPSA) is 77.1 Å². The number of nitrogens with one attached hydrogen (secondary N) is 2.